The van der Waals surface area contributed by atoms with Crippen LogP contribution in [0.4, 0.5) is 10.1 Å². The third kappa shape index (κ3) is 3.55. The van der Waals surface area contributed by atoms with Gasteiger partial charge < -0.3 is 5.73 Å². The van der Waals surface area contributed by atoms with Gasteiger partial charge in [0.1, 0.15) is 10.7 Å². The van der Waals surface area contributed by atoms with E-state index in [1.54, 1.807) is 24.3 Å². The minimum Gasteiger partial charge on any atom is -0.326 e. The van der Waals surface area contributed by atoms with Gasteiger partial charge in [-0.15, -0.1) is 11.8 Å². The zero-order chi connectivity index (χ0) is 15.5. The van der Waals surface area contributed by atoms with Crippen molar-refractivity contribution in [3.8, 4) is 0 Å². The summed E-state index contributed by atoms with van der Waals surface area (Å²) in [5, 5.41) is 0. The number of halogens is 1. The zero-order valence-electron chi connectivity index (χ0n) is 11.3. The number of anilines is 1. The van der Waals surface area contributed by atoms with Crippen molar-refractivity contribution in [2.24, 2.45) is 5.73 Å². The Balaban J connectivity index is 2.43. The first-order chi connectivity index (χ1) is 9.97. The van der Waals surface area contributed by atoms with E-state index >= 15 is 0 Å². The summed E-state index contributed by atoms with van der Waals surface area (Å²) in [6.07, 6.45) is 1.84. The lowest BCUT2D eigenvalue weighted by Crippen LogP contribution is -2.16. The Hall–Kier alpha value is -1.57. The molecule has 2 rings (SSSR count). The van der Waals surface area contributed by atoms with E-state index in [-0.39, 0.29) is 6.54 Å². The van der Waals surface area contributed by atoms with E-state index in [0.717, 1.165) is 11.0 Å². The predicted octanol–water partition coefficient (Wildman–Crippen LogP) is 2.81. The summed E-state index contributed by atoms with van der Waals surface area (Å²) >= 11 is 1.40. The summed E-state index contributed by atoms with van der Waals surface area (Å²) in [6.45, 7) is 0.143. The zero-order valence-corrected chi connectivity index (χ0v) is 13.0. The maximum atomic E-state index is 13.8. The van der Waals surface area contributed by atoms with Crippen LogP contribution in [0.15, 0.2) is 52.3 Å². The Morgan fingerprint density at radius 3 is 2.62 bits per heavy atom. The number of thioether (sulfide) groups is 1. The first-order valence-corrected chi connectivity index (χ1v) is 8.83. The van der Waals surface area contributed by atoms with E-state index in [1.165, 1.54) is 23.9 Å². The predicted molar refractivity (Wildman–Crippen MR) is 83.3 cm³/mol. The molecule has 0 saturated carbocycles. The van der Waals surface area contributed by atoms with Crippen LogP contribution in [0.1, 0.15) is 5.56 Å². The Bertz CT molecular complexity index is 748. The second-order valence-corrected chi connectivity index (χ2v) is 6.77. The smallest absolute Gasteiger partial charge is 0.264 e. The Labute approximate surface area is 127 Å². The van der Waals surface area contributed by atoms with Gasteiger partial charge >= 0.3 is 0 Å². The lowest BCUT2D eigenvalue weighted by Gasteiger charge is -2.12. The van der Waals surface area contributed by atoms with Crippen LogP contribution in [-0.4, -0.2) is 14.7 Å². The average Bonchev–Trinajstić information content (AvgIpc) is 2.47. The fourth-order valence-electron chi connectivity index (χ4n) is 1.81. The van der Waals surface area contributed by atoms with Crippen LogP contribution in [0.25, 0.3) is 0 Å². The number of benzene rings is 2. The van der Waals surface area contributed by atoms with Crippen molar-refractivity contribution >= 4 is 27.5 Å². The van der Waals surface area contributed by atoms with Crippen molar-refractivity contribution in [2.45, 2.75) is 16.3 Å². The molecule has 2 aromatic rings. The molecule has 0 spiro atoms. The largest absolute Gasteiger partial charge is 0.326 e. The molecule has 0 amide bonds. The topological polar surface area (TPSA) is 72.2 Å². The molecule has 112 valence electrons. The van der Waals surface area contributed by atoms with Crippen LogP contribution in [0.2, 0.25) is 0 Å². The number of rotatable bonds is 5. The van der Waals surface area contributed by atoms with Crippen LogP contribution in [0, 0.1) is 5.82 Å². The highest BCUT2D eigenvalue weighted by molar-refractivity contribution is 7.99. The molecular formula is C14H15FN2O2S2. The maximum Gasteiger partial charge on any atom is 0.264 e. The molecule has 3 N–H and O–H groups in total. The molecule has 0 aliphatic heterocycles. The molecule has 0 aliphatic rings. The minimum atomic E-state index is -4.00. The van der Waals surface area contributed by atoms with Gasteiger partial charge in [0.2, 0.25) is 0 Å². The highest BCUT2D eigenvalue weighted by atomic mass is 32.2. The lowest BCUT2D eigenvalue weighted by atomic mass is 10.2. The molecular weight excluding hydrogens is 311 g/mol. The van der Waals surface area contributed by atoms with E-state index in [4.69, 9.17) is 5.73 Å². The first-order valence-electron chi connectivity index (χ1n) is 6.12. The molecule has 0 aromatic heterocycles. The normalized spacial score (nSPS) is 11.4. The highest BCUT2D eigenvalue weighted by Crippen LogP contribution is 2.27. The van der Waals surface area contributed by atoms with Gasteiger partial charge in [0.25, 0.3) is 10.0 Å². The minimum absolute atomic E-state index is 0.143. The SMILES string of the molecule is CSc1ccccc1NS(=O)(=O)c1cc(CN)ccc1F. The second-order valence-electron chi connectivity index (χ2n) is 4.27. The molecule has 4 nitrogen and oxygen atoms in total. The summed E-state index contributed by atoms with van der Waals surface area (Å²) in [7, 11) is -4.00. The van der Waals surface area contributed by atoms with E-state index in [1.807, 2.05) is 6.26 Å². The molecule has 7 heteroatoms. The molecule has 2 aromatic carbocycles. The van der Waals surface area contributed by atoms with Crippen molar-refractivity contribution in [3.05, 3.63) is 53.8 Å². The van der Waals surface area contributed by atoms with Crippen LogP contribution in [-0.2, 0) is 16.6 Å². The van der Waals surface area contributed by atoms with Gasteiger partial charge in [-0.25, -0.2) is 12.8 Å². The second kappa shape index (κ2) is 6.46. The van der Waals surface area contributed by atoms with Crippen molar-refractivity contribution in [3.63, 3.8) is 0 Å². The van der Waals surface area contributed by atoms with Crippen LogP contribution in [0.3, 0.4) is 0 Å². The van der Waals surface area contributed by atoms with E-state index in [2.05, 4.69) is 4.72 Å². The fraction of sp³-hybridized carbons (Fsp3) is 0.143. The molecule has 0 atom stereocenters. The third-order valence-electron chi connectivity index (χ3n) is 2.87. The first kappa shape index (κ1) is 15.8. The van der Waals surface area contributed by atoms with E-state index in [0.29, 0.717) is 11.3 Å². The molecule has 0 heterocycles. The maximum absolute atomic E-state index is 13.8. The molecule has 0 fully saturated rings. The molecule has 0 aliphatic carbocycles. The summed E-state index contributed by atoms with van der Waals surface area (Å²) in [5.41, 5.74) is 6.44. The van der Waals surface area contributed by atoms with Crippen LogP contribution >= 0.6 is 11.8 Å². The van der Waals surface area contributed by atoms with Crippen molar-refractivity contribution in [1.82, 2.24) is 0 Å². The Kier molecular flexibility index (Phi) is 4.87. The summed E-state index contributed by atoms with van der Waals surface area (Å²) in [6, 6.07) is 10.8. The van der Waals surface area contributed by atoms with Crippen molar-refractivity contribution in [1.29, 1.82) is 0 Å². The monoisotopic (exact) mass is 326 g/mol. The molecule has 21 heavy (non-hydrogen) atoms. The lowest BCUT2D eigenvalue weighted by molar-refractivity contribution is 0.569. The van der Waals surface area contributed by atoms with E-state index < -0.39 is 20.7 Å². The van der Waals surface area contributed by atoms with E-state index in [9.17, 15) is 12.8 Å². The van der Waals surface area contributed by atoms with Gasteiger partial charge in [-0.3, -0.25) is 4.72 Å². The standard InChI is InChI=1S/C14H15FN2O2S2/c1-20-13-5-3-2-4-12(13)17-21(18,19)14-8-10(9-16)6-7-11(14)15/h2-8,17H,9,16H2,1H3. The van der Waals surface area contributed by atoms with Gasteiger partial charge in [0, 0.05) is 11.4 Å². The quantitative estimate of drug-likeness (QED) is 0.829. The number of nitrogens with one attached hydrogen (secondary N) is 1. The average molecular weight is 326 g/mol. The van der Waals surface area contributed by atoms with Gasteiger partial charge in [-0.05, 0) is 36.1 Å². The molecule has 0 radical (unpaired) electrons. The van der Waals surface area contributed by atoms with Gasteiger partial charge in [0.15, 0.2) is 0 Å². The summed E-state index contributed by atoms with van der Waals surface area (Å²) in [5.74, 6) is -0.804. The summed E-state index contributed by atoms with van der Waals surface area (Å²) in [4.78, 5) is 0.359. The Morgan fingerprint density at radius 2 is 1.95 bits per heavy atom. The molecule has 0 saturated heterocycles. The number of nitrogens with two attached hydrogens (primary N) is 1. The van der Waals surface area contributed by atoms with Crippen LogP contribution in [0.5, 0.6) is 0 Å². The summed E-state index contributed by atoms with van der Waals surface area (Å²) < 4.78 is 41.0. The van der Waals surface area contributed by atoms with Crippen LogP contribution < -0.4 is 10.5 Å². The third-order valence-corrected chi connectivity index (χ3v) is 5.05. The fourth-order valence-corrected chi connectivity index (χ4v) is 3.64. The molecule has 0 bridgehead atoms. The number of para-hydroxylation sites is 1. The highest BCUT2D eigenvalue weighted by Gasteiger charge is 2.20. The van der Waals surface area contributed by atoms with Gasteiger partial charge in [-0.1, -0.05) is 18.2 Å². The number of sulfonamides is 1. The van der Waals surface area contributed by atoms with Crippen molar-refractivity contribution in [2.75, 3.05) is 11.0 Å². The number of hydrogen-bond donors (Lipinski definition) is 2. The van der Waals surface area contributed by atoms with Gasteiger partial charge in [0.05, 0.1) is 5.69 Å². The van der Waals surface area contributed by atoms with Crippen molar-refractivity contribution < 1.29 is 12.8 Å². The number of hydrogen-bond acceptors (Lipinski definition) is 4. The Morgan fingerprint density at radius 1 is 1.24 bits per heavy atom. The molecule has 0 unspecified atom stereocenters. The van der Waals surface area contributed by atoms with Gasteiger partial charge in [-0.2, -0.15) is 0 Å².